The first-order valence-corrected chi connectivity index (χ1v) is 19.5. The highest BCUT2D eigenvalue weighted by Gasteiger charge is 2.40. The molecule has 1 atom stereocenters. The summed E-state index contributed by atoms with van der Waals surface area (Å²) in [7, 11) is -1.29. The topological polar surface area (TPSA) is 61.4 Å². The third-order valence-corrected chi connectivity index (χ3v) is 18.0. The molecule has 0 aromatic carbocycles. The first-order valence-electron chi connectivity index (χ1n) is 13.4. The van der Waals surface area contributed by atoms with Crippen LogP contribution >= 0.6 is 0 Å². The Labute approximate surface area is 210 Å². The van der Waals surface area contributed by atoms with E-state index in [0.717, 1.165) is 38.3 Å². The summed E-state index contributed by atoms with van der Waals surface area (Å²) in [6.45, 7) is 19.2. The number of nitrogens with one attached hydrogen (secondary N) is 1. The Bertz CT molecular complexity index is 427. The van der Waals surface area contributed by atoms with Crippen LogP contribution in [0.4, 0.5) is 0 Å². The van der Waals surface area contributed by atoms with Crippen molar-refractivity contribution >= 4 is 26.9 Å². The van der Waals surface area contributed by atoms with Crippen molar-refractivity contribution in [3.8, 4) is 0 Å². The van der Waals surface area contributed by atoms with Gasteiger partial charge in [-0.3, -0.25) is 0 Å². The molecule has 0 aromatic rings. The Morgan fingerprint density at radius 2 is 1.39 bits per heavy atom. The van der Waals surface area contributed by atoms with E-state index in [0.29, 0.717) is 25.0 Å². The minimum absolute atomic E-state index is 0.343. The van der Waals surface area contributed by atoms with Crippen molar-refractivity contribution in [1.82, 2.24) is 10.2 Å². The van der Waals surface area contributed by atoms with Gasteiger partial charge in [0.25, 0.3) is 0 Å². The maximum Gasteiger partial charge on any atom is 0.500 e. The monoisotopic (exact) mass is 524 g/mol. The van der Waals surface area contributed by atoms with Crippen molar-refractivity contribution in [1.29, 1.82) is 0 Å². The average Bonchev–Trinajstić information content (AvgIpc) is 2.82. The highest BCUT2D eigenvalue weighted by atomic mass is 28.4. The number of nitrogens with zero attached hydrogens (tertiary/aromatic N) is 1. The normalized spacial score (nSPS) is 14.1. The van der Waals surface area contributed by atoms with Gasteiger partial charge >= 0.3 is 17.4 Å². The summed E-state index contributed by atoms with van der Waals surface area (Å²) in [4.78, 5) is 2.51. The lowest BCUT2D eigenvalue weighted by atomic mass is 10.2. The molecule has 0 spiro atoms. The van der Waals surface area contributed by atoms with Gasteiger partial charge in [-0.25, -0.2) is 0 Å². The van der Waals surface area contributed by atoms with Crippen LogP contribution in [0.1, 0.15) is 66.7 Å². The van der Waals surface area contributed by atoms with Crippen molar-refractivity contribution in [2.75, 3.05) is 66.4 Å². The van der Waals surface area contributed by atoms with E-state index in [1.807, 2.05) is 35.0 Å². The van der Waals surface area contributed by atoms with E-state index in [9.17, 15) is 0 Å². The molecule has 0 amide bonds. The summed E-state index contributed by atoms with van der Waals surface area (Å²) in [5, 5.41) is 4.32. The molecule has 0 aromatic heterocycles. The van der Waals surface area contributed by atoms with Gasteiger partial charge in [0.2, 0.25) is 0 Å². The van der Waals surface area contributed by atoms with Crippen LogP contribution in [0.15, 0.2) is 0 Å². The molecule has 0 saturated carbocycles. The van der Waals surface area contributed by atoms with Crippen LogP contribution in [0.2, 0.25) is 17.8 Å². The second kappa shape index (κ2) is 20.6. The summed E-state index contributed by atoms with van der Waals surface area (Å²) in [5.74, 6) is 0. The van der Waals surface area contributed by atoms with Crippen LogP contribution in [-0.2, 0) is 22.1 Å². The van der Waals surface area contributed by atoms with Gasteiger partial charge in [0.1, 0.15) is 0 Å². The third-order valence-electron chi connectivity index (χ3n) is 6.57. The fourth-order valence-electron chi connectivity index (χ4n) is 4.36. The van der Waals surface area contributed by atoms with Crippen LogP contribution in [0.3, 0.4) is 0 Å². The summed E-state index contributed by atoms with van der Waals surface area (Å²) in [6, 6.07) is 0.871. The van der Waals surface area contributed by atoms with Gasteiger partial charge < -0.3 is 32.3 Å². The quantitative estimate of drug-likeness (QED) is 0.152. The van der Waals surface area contributed by atoms with E-state index in [4.69, 9.17) is 22.1 Å². The van der Waals surface area contributed by atoms with Gasteiger partial charge in [0.05, 0.1) is 0 Å². The van der Waals surface area contributed by atoms with Crippen molar-refractivity contribution in [3.63, 3.8) is 0 Å². The number of hydrogen-bond donors (Lipinski definition) is 1. The van der Waals surface area contributed by atoms with E-state index in [1.54, 1.807) is 0 Å². The molecule has 0 fully saturated rings. The summed E-state index contributed by atoms with van der Waals surface area (Å²) < 4.78 is 29.8. The maximum atomic E-state index is 5.97. The molecule has 0 radical (unpaired) electrons. The molecule has 0 saturated heterocycles. The molecule has 0 bridgehead atoms. The second-order valence-corrected chi connectivity index (χ2v) is 17.9. The average molecular weight is 525 g/mol. The van der Waals surface area contributed by atoms with Crippen molar-refractivity contribution in [2.45, 2.75) is 84.5 Å². The highest BCUT2D eigenvalue weighted by molar-refractivity contribution is 6.77. The Morgan fingerprint density at radius 3 is 1.88 bits per heavy atom. The first-order chi connectivity index (χ1) is 15.9. The molecule has 1 N–H and O–H groups in total. The molecule has 7 nitrogen and oxygen atoms in total. The van der Waals surface area contributed by atoms with E-state index < -0.39 is 17.4 Å². The third kappa shape index (κ3) is 13.9. The second-order valence-electron chi connectivity index (χ2n) is 8.62. The van der Waals surface area contributed by atoms with Crippen LogP contribution in [0, 0.1) is 0 Å². The van der Waals surface area contributed by atoms with Gasteiger partial charge in [-0.2, -0.15) is 0 Å². The molecule has 0 aliphatic rings. The molecule has 33 heavy (non-hydrogen) atoms. The zero-order valence-electron chi connectivity index (χ0n) is 23.2. The number of unbranched alkanes of at least 4 members (excludes halogenated alkanes) is 2. The van der Waals surface area contributed by atoms with Gasteiger partial charge in [-0.15, -0.1) is 0 Å². The Hall–Kier alpha value is 0.371. The Kier molecular flexibility index (Phi) is 20.8. The SMILES string of the molecule is CCO[Si](CCCNC[SiH2]C(CCCCCN(CC)CC)[Si](C)(OC)OC)(OCC)OCC. The van der Waals surface area contributed by atoms with Gasteiger partial charge in [0.15, 0.2) is 0 Å². The molecule has 10 heteroatoms. The minimum atomic E-state index is -2.52. The van der Waals surface area contributed by atoms with Crippen LogP contribution < -0.4 is 5.32 Å². The largest absolute Gasteiger partial charge is 0.500 e. The highest BCUT2D eigenvalue weighted by Crippen LogP contribution is 2.28. The first kappa shape index (κ1) is 33.4. The van der Waals surface area contributed by atoms with E-state index in [-0.39, 0.29) is 9.52 Å². The standard InChI is InChI=1S/C23H56N2O5Si3/c1-9-25(10-2)20-16-14-15-18-23(32(8,26-6)27-7)31-22-24-19-17-21-33(28-11-3,29-12-4)30-13-5/h23-24H,9-22,31H2,1-8H3. The predicted molar refractivity (Wildman–Crippen MR) is 147 cm³/mol. The van der Waals surface area contributed by atoms with Crippen molar-refractivity contribution in [3.05, 3.63) is 0 Å². The lowest BCUT2D eigenvalue weighted by Gasteiger charge is -2.32. The van der Waals surface area contributed by atoms with Gasteiger partial charge in [-0.1, -0.05) is 33.1 Å². The maximum absolute atomic E-state index is 5.97. The van der Waals surface area contributed by atoms with E-state index >= 15 is 0 Å². The summed E-state index contributed by atoms with van der Waals surface area (Å²) in [5.41, 5.74) is 0. The molecule has 0 rings (SSSR count). The molecule has 1 unspecified atom stereocenters. The smallest absolute Gasteiger partial charge is 0.398 e. The van der Waals surface area contributed by atoms with Crippen LogP contribution in [0.5, 0.6) is 0 Å². The molecule has 0 aliphatic carbocycles. The fraction of sp³-hybridized carbons (Fsp3) is 1.00. The molecule has 0 aliphatic heterocycles. The zero-order valence-corrected chi connectivity index (χ0v) is 26.6. The van der Waals surface area contributed by atoms with Crippen LogP contribution in [-0.4, -0.2) is 98.2 Å². The molecular weight excluding hydrogens is 469 g/mol. The van der Waals surface area contributed by atoms with Crippen molar-refractivity contribution < 1.29 is 22.1 Å². The van der Waals surface area contributed by atoms with Crippen molar-refractivity contribution in [2.24, 2.45) is 0 Å². The van der Waals surface area contributed by atoms with Gasteiger partial charge in [-0.05, 0) is 77.7 Å². The zero-order chi connectivity index (χ0) is 25.0. The molecular formula is C23H56N2O5Si3. The summed E-state index contributed by atoms with van der Waals surface area (Å²) >= 11 is 0. The van der Waals surface area contributed by atoms with E-state index in [1.165, 1.54) is 32.2 Å². The van der Waals surface area contributed by atoms with E-state index in [2.05, 4.69) is 30.6 Å². The molecule has 200 valence electrons. The Morgan fingerprint density at radius 1 is 0.818 bits per heavy atom. The van der Waals surface area contributed by atoms with Gasteiger partial charge in [0, 0.05) is 49.6 Å². The lowest BCUT2D eigenvalue weighted by molar-refractivity contribution is 0.0708. The number of rotatable bonds is 24. The Balaban J connectivity index is 4.49. The number of hydrogen-bond acceptors (Lipinski definition) is 7. The fourth-order valence-corrected chi connectivity index (χ4v) is 13.4. The van der Waals surface area contributed by atoms with Crippen LogP contribution in [0.25, 0.3) is 0 Å². The predicted octanol–water partition coefficient (Wildman–Crippen LogP) is 3.74. The molecule has 0 heterocycles. The minimum Gasteiger partial charge on any atom is -0.398 e. The lowest BCUT2D eigenvalue weighted by Crippen LogP contribution is -2.47. The summed E-state index contributed by atoms with van der Waals surface area (Å²) in [6.07, 6.45) is 7.24.